The number of rotatable bonds is 7. The van der Waals surface area contributed by atoms with Crippen molar-refractivity contribution in [1.29, 1.82) is 5.26 Å². The molecule has 0 radical (unpaired) electrons. The van der Waals surface area contributed by atoms with Crippen LogP contribution in [0.1, 0.15) is 24.8 Å². The third-order valence-corrected chi connectivity index (χ3v) is 3.63. The van der Waals surface area contributed by atoms with Gasteiger partial charge in [0.25, 0.3) is 0 Å². The second-order valence-electron chi connectivity index (χ2n) is 5.14. The molecule has 0 amide bonds. The summed E-state index contributed by atoms with van der Waals surface area (Å²) in [7, 11) is 1.64. The minimum absolute atomic E-state index is 0.0812. The van der Waals surface area contributed by atoms with Gasteiger partial charge in [-0.2, -0.15) is 5.26 Å². The number of methoxy groups -OCH3 is 1. The standard InChI is InChI=1S/C15H20N2O2/c1-18-13-3-2-12(4-8-16)14(10-13)19-11-15(5-6-15)7-9-17/h2-3,10H,4-8,11,16H2,1H3. The van der Waals surface area contributed by atoms with Gasteiger partial charge >= 0.3 is 0 Å². The average molecular weight is 260 g/mol. The van der Waals surface area contributed by atoms with E-state index < -0.39 is 0 Å². The maximum absolute atomic E-state index is 8.82. The normalized spacial score (nSPS) is 15.6. The zero-order chi connectivity index (χ0) is 13.7. The number of benzene rings is 1. The van der Waals surface area contributed by atoms with Gasteiger partial charge in [-0.15, -0.1) is 0 Å². The highest BCUT2D eigenvalue weighted by molar-refractivity contribution is 5.41. The highest BCUT2D eigenvalue weighted by atomic mass is 16.5. The van der Waals surface area contributed by atoms with Crippen LogP contribution in [0.4, 0.5) is 0 Å². The van der Waals surface area contributed by atoms with Gasteiger partial charge in [-0.1, -0.05) is 6.07 Å². The number of hydrogen-bond donors (Lipinski definition) is 1. The summed E-state index contributed by atoms with van der Waals surface area (Å²) in [5.41, 5.74) is 6.79. The maximum Gasteiger partial charge on any atom is 0.126 e. The molecule has 1 aliphatic carbocycles. The molecular formula is C15H20N2O2. The second kappa shape index (κ2) is 5.94. The van der Waals surface area contributed by atoms with E-state index in [4.69, 9.17) is 20.5 Å². The Bertz CT molecular complexity index is 476. The predicted octanol–water partition coefficient (Wildman–Crippen LogP) is 2.27. The lowest BCUT2D eigenvalue weighted by molar-refractivity contribution is 0.234. The lowest BCUT2D eigenvalue weighted by atomic mass is 10.1. The second-order valence-corrected chi connectivity index (χ2v) is 5.14. The van der Waals surface area contributed by atoms with Crippen LogP contribution in [-0.2, 0) is 6.42 Å². The first-order valence-corrected chi connectivity index (χ1v) is 6.60. The van der Waals surface area contributed by atoms with Gasteiger partial charge in [-0.05, 0) is 37.4 Å². The minimum atomic E-state index is 0.0812. The van der Waals surface area contributed by atoms with Crippen molar-refractivity contribution < 1.29 is 9.47 Å². The summed E-state index contributed by atoms with van der Waals surface area (Å²) >= 11 is 0. The van der Waals surface area contributed by atoms with E-state index in [-0.39, 0.29) is 5.41 Å². The van der Waals surface area contributed by atoms with Crippen molar-refractivity contribution >= 4 is 0 Å². The van der Waals surface area contributed by atoms with Crippen molar-refractivity contribution in [3.05, 3.63) is 23.8 Å². The zero-order valence-electron chi connectivity index (χ0n) is 11.3. The Morgan fingerprint density at radius 2 is 2.21 bits per heavy atom. The van der Waals surface area contributed by atoms with Crippen molar-refractivity contribution in [1.82, 2.24) is 0 Å². The number of nitrogens with zero attached hydrogens (tertiary/aromatic N) is 1. The predicted molar refractivity (Wildman–Crippen MR) is 73.1 cm³/mol. The van der Waals surface area contributed by atoms with Crippen LogP contribution in [0.3, 0.4) is 0 Å². The quantitative estimate of drug-likeness (QED) is 0.816. The van der Waals surface area contributed by atoms with Crippen LogP contribution in [0.5, 0.6) is 11.5 Å². The summed E-state index contributed by atoms with van der Waals surface area (Å²) in [6, 6.07) is 8.05. The largest absolute Gasteiger partial charge is 0.497 e. The van der Waals surface area contributed by atoms with Crippen molar-refractivity contribution in [2.75, 3.05) is 20.3 Å². The van der Waals surface area contributed by atoms with Crippen LogP contribution >= 0.6 is 0 Å². The molecule has 2 N–H and O–H groups in total. The van der Waals surface area contributed by atoms with Gasteiger partial charge in [0.1, 0.15) is 11.5 Å². The molecule has 0 saturated heterocycles. The minimum Gasteiger partial charge on any atom is -0.497 e. The molecule has 1 aromatic carbocycles. The molecule has 0 heterocycles. The number of ether oxygens (including phenoxy) is 2. The Balaban J connectivity index is 2.07. The molecule has 0 spiro atoms. The summed E-state index contributed by atoms with van der Waals surface area (Å²) < 4.78 is 11.1. The Morgan fingerprint density at radius 3 is 2.79 bits per heavy atom. The van der Waals surface area contributed by atoms with E-state index in [9.17, 15) is 0 Å². The van der Waals surface area contributed by atoms with Gasteiger partial charge in [0.15, 0.2) is 0 Å². The smallest absolute Gasteiger partial charge is 0.126 e. The third-order valence-electron chi connectivity index (χ3n) is 3.63. The molecule has 4 heteroatoms. The molecule has 4 nitrogen and oxygen atoms in total. The SMILES string of the molecule is COc1ccc(CCN)c(OCC2(CC#N)CC2)c1. The van der Waals surface area contributed by atoms with Crippen molar-refractivity contribution in [2.45, 2.75) is 25.7 Å². The summed E-state index contributed by atoms with van der Waals surface area (Å²) in [5, 5.41) is 8.82. The number of hydrogen-bond acceptors (Lipinski definition) is 4. The van der Waals surface area contributed by atoms with Crippen LogP contribution in [-0.4, -0.2) is 20.3 Å². The Kier molecular flexibility index (Phi) is 4.28. The molecule has 2 rings (SSSR count). The van der Waals surface area contributed by atoms with Gasteiger partial charge in [0.2, 0.25) is 0 Å². The van der Waals surface area contributed by atoms with E-state index in [1.807, 2.05) is 18.2 Å². The molecule has 102 valence electrons. The van der Waals surface area contributed by atoms with E-state index >= 15 is 0 Å². The molecule has 1 fully saturated rings. The van der Waals surface area contributed by atoms with E-state index in [0.717, 1.165) is 36.3 Å². The molecule has 0 aliphatic heterocycles. The fraction of sp³-hybridized carbons (Fsp3) is 0.533. The van der Waals surface area contributed by atoms with Gasteiger partial charge < -0.3 is 15.2 Å². The first kappa shape index (κ1) is 13.7. The Hall–Kier alpha value is -1.73. The molecule has 1 saturated carbocycles. The first-order chi connectivity index (χ1) is 9.23. The van der Waals surface area contributed by atoms with Gasteiger partial charge in [-0.25, -0.2) is 0 Å². The van der Waals surface area contributed by atoms with Crippen LogP contribution in [0.2, 0.25) is 0 Å². The summed E-state index contributed by atoms with van der Waals surface area (Å²) in [6.45, 7) is 1.19. The number of nitrogens with two attached hydrogens (primary N) is 1. The van der Waals surface area contributed by atoms with Crippen LogP contribution in [0.25, 0.3) is 0 Å². The van der Waals surface area contributed by atoms with Crippen LogP contribution < -0.4 is 15.2 Å². The molecule has 1 aliphatic rings. The fourth-order valence-electron chi connectivity index (χ4n) is 2.11. The van der Waals surface area contributed by atoms with E-state index in [0.29, 0.717) is 19.6 Å². The van der Waals surface area contributed by atoms with Crippen molar-refractivity contribution in [3.8, 4) is 17.6 Å². The lowest BCUT2D eigenvalue weighted by Crippen LogP contribution is -2.14. The van der Waals surface area contributed by atoms with Crippen molar-refractivity contribution in [2.24, 2.45) is 11.1 Å². The highest BCUT2D eigenvalue weighted by Crippen LogP contribution is 2.48. The van der Waals surface area contributed by atoms with Gasteiger partial charge in [-0.3, -0.25) is 0 Å². The van der Waals surface area contributed by atoms with Crippen LogP contribution in [0.15, 0.2) is 18.2 Å². The fourth-order valence-corrected chi connectivity index (χ4v) is 2.11. The molecule has 0 aromatic heterocycles. The van der Waals surface area contributed by atoms with E-state index in [2.05, 4.69) is 6.07 Å². The van der Waals surface area contributed by atoms with Gasteiger partial charge in [0.05, 0.1) is 19.8 Å². The summed E-state index contributed by atoms with van der Waals surface area (Å²) in [4.78, 5) is 0. The van der Waals surface area contributed by atoms with E-state index in [1.165, 1.54) is 0 Å². The average Bonchev–Trinajstić information content (AvgIpc) is 3.18. The molecule has 0 bridgehead atoms. The molecule has 0 unspecified atom stereocenters. The third kappa shape index (κ3) is 3.39. The van der Waals surface area contributed by atoms with Gasteiger partial charge in [0, 0.05) is 17.9 Å². The summed E-state index contributed by atoms with van der Waals surface area (Å²) in [6.07, 6.45) is 3.52. The molecular weight excluding hydrogens is 240 g/mol. The zero-order valence-corrected chi connectivity index (χ0v) is 11.3. The maximum atomic E-state index is 8.82. The monoisotopic (exact) mass is 260 g/mol. The summed E-state index contributed by atoms with van der Waals surface area (Å²) in [5.74, 6) is 1.61. The highest BCUT2D eigenvalue weighted by Gasteiger charge is 2.43. The van der Waals surface area contributed by atoms with Crippen molar-refractivity contribution in [3.63, 3.8) is 0 Å². The molecule has 19 heavy (non-hydrogen) atoms. The Morgan fingerprint density at radius 1 is 1.42 bits per heavy atom. The lowest BCUT2D eigenvalue weighted by Gasteiger charge is -2.16. The molecule has 1 aromatic rings. The number of nitriles is 1. The topological polar surface area (TPSA) is 68.3 Å². The van der Waals surface area contributed by atoms with Crippen LogP contribution in [0, 0.1) is 16.7 Å². The Labute approximate surface area is 114 Å². The molecule has 0 atom stereocenters. The first-order valence-electron chi connectivity index (χ1n) is 6.60. The van der Waals surface area contributed by atoms with E-state index in [1.54, 1.807) is 7.11 Å².